The Morgan fingerprint density at radius 2 is 1.69 bits per heavy atom. The van der Waals surface area contributed by atoms with Crippen molar-refractivity contribution in [2.75, 3.05) is 13.2 Å². The molecular weight excluding hydrogens is 525 g/mol. The summed E-state index contributed by atoms with van der Waals surface area (Å²) in [6, 6.07) is 16.1. The van der Waals surface area contributed by atoms with Gasteiger partial charge in [-0.05, 0) is 59.7 Å². The Kier molecular flexibility index (Phi) is 8.25. The smallest absolute Gasteiger partial charge is 0.173 e. The molecular formula is C27H24Cl2F2N2O2S. The summed E-state index contributed by atoms with van der Waals surface area (Å²) in [4.78, 5) is 4.68. The second-order valence-corrected chi connectivity index (χ2v) is 10.4. The van der Waals surface area contributed by atoms with Gasteiger partial charge in [-0.3, -0.25) is 4.57 Å². The van der Waals surface area contributed by atoms with Crippen LogP contribution in [-0.2, 0) is 11.2 Å². The zero-order chi connectivity index (χ0) is 25.9. The topological polar surface area (TPSA) is 47.3 Å². The van der Waals surface area contributed by atoms with Crippen LogP contribution in [0.4, 0.5) is 8.78 Å². The number of aliphatic hydroxyl groups excluding tert-OH is 1. The van der Waals surface area contributed by atoms with E-state index in [4.69, 9.17) is 33.0 Å². The normalized spacial score (nSPS) is 11.6. The summed E-state index contributed by atoms with van der Waals surface area (Å²) >= 11 is 14.1. The summed E-state index contributed by atoms with van der Waals surface area (Å²) in [6.45, 7) is 4.15. The molecule has 188 valence electrons. The van der Waals surface area contributed by atoms with E-state index >= 15 is 0 Å². The van der Waals surface area contributed by atoms with E-state index < -0.39 is 11.2 Å². The second kappa shape index (κ2) is 11.2. The van der Waals surface area contributed by atoms with Gasteiger partial charge in [0.2, 0.25) is 0 Å². The van der Waals surface area contributed by atoms with Crippen LogP contribution >= 0.6 is 35.0 Å². The van der Waals surface area contributed by atoms with Crippen molar-refractivity contribution in [2.24, 2.45) is 0 Å². The van der Waals surface area contributed by atoms with Crippen molar-refractivity contribution in [3.8, 4) is 11.4 Å². The quantitative estimate of drug-likeness (QED) is 0.221. The molecule has 0 spiro atoms. The number of imidazole rings is 1. The van der Waals surface area contributed by atoms with Gasteiger partial charge >= 0.3 is 0 Å². The number of aliphatic hydroxyl groups is 1. The molecule has 0 fully saturated rings. The second-order valence-electron chi connectivity index (χ2n) is 8.60. The first kappa shape index (κ1) is 26.5. The van der Waals surface area contributed by atoms with E-state index in [-0.39, 0.29) is 19.0 Å². The van der Waals surface area contributed by atoms with E-state index in [1.54, 1.807) is 30.5 Å². The molecule has 0 saturated heterocycles. The maximum atomic E-state index is 13.7. The van der Waals surface area contributed by atoms with Gasteiger partial charge in [0.05, 0.1) is 23.5 Å². The Morgan fingerprint density at radius 3 is 2.36 bits per heavy atom. The van der Waals surface area contributed by atoms with Crippen molar-refractivity contribution in [3.63, 3.8) is 0 Å². The SMILES string of the molecule is CC(C)(c1ccc(OCCO)c(Cl)c1)c1cnc(SCc2ccc(F)cc2Cl)n1-c1ccc(F)cc1. The summed E-state index contributed by atoms with van der Waals surface area (Å²) in [6.07, 6.45) is 1.79. The summed E-state index contributed by atoms with van der Waals surface area (Å²) in [7, 11) is 0. The number of hydrogen-bond donors (Lipinski definition) is 1. The van der Waals surface area contributed by atoms with Crippen LogP contribution in [0.1, 0.15) is 30.7 Å². The highest BCUT2D eigenvalue weighted by atomic mass is 35.5. The number of rotatable bonds is 9. The highest BCUT2D eigenvalue weighted by Crippen LogP contribution is 2.39. The molecule has 0 aliphatic heterocycles. The maximum Gasteiger partial charge on any atom is 0.173 e. The van der Waals surface area contributed by atoms with Gasteiger partial charge in [-0.2, -0.15) is 0 Å². The third-order valence-corrected chi connectivity index (χ3v) is 7.48. The monoisotopic (exact) mass is 548 g/mol. The molecule has 0 saturated carbocycles. The molecule has 4 aromatic rings. The van der Waals surface area contributed by atoms with Crippen LogP contribution < -0.4 is 4.74 Å². The first-order chi connectivity index (χ1) is 17.2. The largest absolute Gasteiger partial charge is 0.490 e. The van der Waals surface area contributed by atoms with Gasteiger partial charge in [0.1, 0.15) is 24.0 Å². The van der Waals surface area contributed by atoms with E-state index in [1.807, 2.05) is 16.7 Å². The van der Waals surface area contributed by atoms with Crippen molar-refractivity contribution >= 4 is 35.0 Å². The highest BCUT2D eigenvalue weighted by Gasteiger charge is 2.30. The Balaban J connectivity index is 1.73. The molecule has 4 nitrogen and oxygen atoms in total. The first-order valence-corrected chi connectivity index (χ1v) is 12.9. The molecule has 0 bridgehead atoms. The number of halogens is 4. The fourth-order valence-corrected chi connectivity index (χ4v) is 5.35. The number of thioether (sulfide) groups is 1. The van der Waals surface area contributed by atoms with Gasteiger partial charge in [-0.15, -0.1) is 0 Å². The lowest BCUT2D eigenvalue weighted by atomic mass is 9.81. The van der Waals surface area contributed by atoms with Crippen LogP contribution in [0.15, 0.2) is 72.0 Å². The van der Waals surface area contributed by atoms with Gasteiger partial charge in [-0.1, -0.05) is 60.9 Å². The average Bonchev–Trinajstić information content (AvgIpc) is 3.28. The zero-order valence-corrected chi connectivity index (χ0v) is 22.0. The molecule has 0 aliphatic rings. The van der Waals surface area contributed by atoms with Crippen LogP contribution in [0.5, 0.6) is 5.75 Å². The van der Waals surface area contributed by atoms with E-state index in [2.05, 4.69) is 18.8 Å². The van der Waals surface area contributed by atoms with E-state index in [0.717, 1.165) is 22.5 Å². The molecule has 1 heterocycles. The van der Waals surface area contributed by atoms with Crippen molar-refractivity contribution in [1.29, 1.82) is 0 Å². The number of aromatic nitrogens is 2. The molecule has 0 atom stereocenters. The van der Waals surface area contributed by atoms with Crippen LogP contribution in [0, 0.1) is 11.6 Å². The van der Waals surface area contributed by atoms with Gasteiger partial charge in [0.15, 0.2) is 5.16 Å². The van der Waals surface area contributed by atoms with E-state index in [9.17, 15) is 8.78 Å². The molecule has 36 heavy (non-hydrogen) atoms. The minimum Gasteiger partial charge on any atom is -0.490 e. The number of ether oxygens (including phenoxy) is 1. The predicted octanol–water partition coefficient (Wildman–Crippen LogP) is 7.45. The molecule has 0 aliphatic carbocycles. The van der Waals surface area contributed by atoms with Gasteiger partial charge in [-0.25, -0.2) is 13.8 Å². The van der Waals surface area contributed by atoms with Crippen LogP contribution in [0.25, 0.3) is 5.69 Å². The van der Waals surface area contributed by atoms with Crippen molar-refractivity contribution < 1.29 is 18.6 Å². The average molecular weight is 549 g/mol. The van der Waals surface area contributed by atoms with Crippen molar-refractivity contribution in [1.82, 2.24) is 9.55 Å². The minimum atomic E-state index is -0.549. The van der Waals surface area contributed by atoms with Crippen molar-refractivity contribution in [3.05, 3.63) is 105 Å². The van der Waals surface area contributed by atoms with Crippen molar-refractivity contribution in [2.45, 2.75) is 30.2 Å². The molecule has 1 N–H and O–H groups in total. The van der Waals surface area contributed by atoms with Crippen LogP contribution in [0.2, 0.25) is 10.0 Å². The Labute approximate surface area is 222 Å². The Morgan fingerprint density at radius 1 is 0.972 bits per heavy atom. The number of benzene rings is 3. The Hall–Kier alpha value is -2.58. The van der Waals surface area contributed by atoms with E-state index in [0.29, 0.717) is 26.7 Å². The summed E-state index contributed by atoms with van der Waals surface area (Å²) in [5, 5.41) is 10.5. The number of nitrogens with zero attached hydrogens (tertiary/aromatic N) is 2. The van der Waals surface area contributed by atoms with Gasteiger partial charge in [0.25, 0.3) is 0 Å². The molecule has 1 aromatic heterocycles. The standard InChI is InChI=1S/C27H24Cl2F2N2O2S/c1-27(2,18-4-10-24(23(29)13-18)35-12-11-34)25-15-32-26(33(25)21-8-6-19(30)7-9-21)36-16-17-3-5-20(31)14-22(17)28/h3-10,13-15,34H,11-12,16H2,1-2H3. The van der Waals surface area contributed by atoms with Crippen LogP contribution in [0.3, 0.4) is 0 Å². The lowest BCUT2D eigenvalue weighted by Gasteiger charge is -2.28. The van der Waals surface area contributed by atoms with E-state index in [1.165, 1.54) is 36.0 Å². The Bertz CT molecular complexity index is 1360. The third-order valence-electron chi connectivity index (χ3n) is 5.83. The molecule has 0 radical (unpaired) electrons. The van der Waals surface area contributed by atoms with Crippen LogP contribution in [-0.4, -0.2) is 27.9 Å². The zero-order valence-electron chi connectivity index (χ0n) is 19.6. The molecule has 9 heteroatoms. The lowest BCUT2D eigenvalue weighted by molar-refractivity contribution is 0.201. The summed E-state index contributed by atoms with van der Waals surface area (Å²) in [5.41, 5.74) is 2.76. The summed E-state index contributed by atoms with van der Waals surface area (Å²) in [5.74, 6) is 0.235. The highest BCUT2D eigenvalue weighted by molar-refractivity contribution is 7.98. The van der Waals surface area contributed by atoms with Gasteiger partial charge < -0.3 is 9.84 Å². The summed E-state index contributed by atoms with van der Waals surface area (Å²) < 4.78 is 34.7. The predicted molar refractivity (Wildman–Crippen MR) is 141 cm³/mol. The molecule has 0 unspecified atom stereocenters. The number of hydrogen-bond acceptors (Lipinski definition) is 4. The lowest BCUT2D eigenvalue weighted by Crippen LogP contribution is -2.23. The maximum absolute atomic E-state index is 13.7. The fraction of sp³-hybridized carbons (Fsp3) is 0.222. The van der Waals surface area contributed by atoms with Gasteiger partial charge in [0, 0.05) is 21.9 Å². The first-order valence-electron chi connectivity index (χ1n) is 11.2. The molecule has 3 aromatic carbocycles. The molecule has 4 rings (SSSR count). The fourth-order valence-electron chi connectivity index (χ4n) is 3.81. The minimum absolute atomic E-state index is 0.107. The third kappa shape index (κ3) is 5.70. The molecule has 0 amide bonds.